The lowest BCUT2D eigenvalue weighted by Gasteiger charge is -2.10. The average molecular weight is 341 g/mol. The first kappa shape index (κ1) is 18.8. The summed E-state index contributed by atoms with van der Waals surface area (Å²) in [6.45, 7) is 7.12. The zero-order chi connectivity index (χ0) is 18.1. The highest BCUT2D eigenvalue weighted by atomic mass is 16.5. The molecule has 0 saturated carbocycles. The lowest BCUT2D eigenvalue weighted by atomic mass is 10.1. The number of hydrogen-bond donors (Lipinski definition) is 1. The van der Waals surface area contributed by atoms with Crippen LogP contribution in [0.15, 0.2) is 48.5 Å². The molecular weight excluding hydrogens is 314 g/mol. The summed E-state index contributed by atoms with van der Waals surface area (Å²) in [5, 5.41) is 2.82. The van der Waals surface area contributed by atoms with Crippen molar-refractivity contribution in [3.63, 3.8) is 0 Å². The molecule has 0 fully saturated rings. The molecule has 0 saturated heterocycles. The van der Waals surface area contributed by atoms with Crippen molar-refractivity contribution in [2.45, 2.75) is 33.6 Å². The highest BCUT2D eigenvalue weighted by Crippen LogP contribution is 2.18. The van der Waals surface area contributed by atoms with Crippen LogP contribution in [0, 0.1) is 5.92 Å². The number of benzene rings is 2. The number of carbonyl (C=O) groups excluding carboxylic acids is 1. The smallest absolute Gasteiger partial charge is 0.262 e. The van der Waals surface area contributed by atoms with E-state index in [4.69, 9.17) is 9.47 Å². The second-order valence-electron chi connectivity index (χ2n) is 6.39. The minimum absolute atomic E-state index is 0.0247. The number of anilines is 1. The maximum absolute atomic E-state index is 12.0. The minimum Gasteiger partial charge on any atom is -0.494 e. The van der Waals surface area contributed by atoms with Gasteiger partial charge in [-0.1, -0.05) is 32.9 Å². The number of rotatable bonds is 9. The zero-order valence-corrected chi connectivity index (χ0v) is 15.2. The van der Waals surface area contributed by atoms with Crippen LogP contribution in [0.3, 0.4) is 0 Å². The number of amides is 1. The molecule has 1 amide bonds. The highest BCUT2D eigenvalue weighted by Gasteiger charge is 2.04. The fourth-order valence-electron chi connectivity index (χ4n) is 2.21. The number of carbonyl (C=O) groups is 1. The van der Waals surface area contributed by atoms with Crippen LogP contribution < -0.4 is 14.8 Å². The lowest BCUT2D eigenvalue weighted by Crippen LogP contribution is -2.20. The Balaban J connectivity index is 1.75. The first-order valence-electron chi connectivity index (χ1n) is 8.81. The van der Waals surface area contributed by atoms with Crippen molar-refractivity contribution in [2.75, 3.05) is 18.5 Å². The molecule has 0 aliphatic heterocycles. The Morgan fingerprint density at radius 2 is 1.56 bits per heavy atom. The van der Waals surface area contributed by atoms with Crippen LogP contribution in [0.1, 0.15) is 32.8 Å². The molecule has 0 atom stereocenters. The molecule has 0 radical (unpaired) electrons. The summed E-state index contributed by atoms with van der Waals surface area (Å²) in [4.78, 5) is 12.0. The number of ether oxygens (including phenoxy) is 2. The molecule has 0 heterocycles. The molecule has 4 nitrogen and oxygen atoms in total. The van der Waals surface area contributed by atoms with Gasteiger partial charge in [-0.05, 0) is 60.7 Å². The normalized spacial score (nSPS) is 10.6. The predicted octanol–water partition coefficient (Wildman–Crippen LogP) is 4.69. The fourth-order valence-corrected chi connectivity index (χ4v) is 2.21. The Morgan fingerprint density at radius 3 is 2.12 bits per heavy atom. The number of hydrogen-bond acceptors (Lipinski definition) is 3. The summed E-state index contributed by atoms with van der Waals surface area (Å²) in [7, 11) is 0. The van der Waals surface area contributed by atoms with Crippen LogP contribution in [-0.4, -0.2) is 19.1 Å². The van der Waals surface area contributed by atoms with Crippen LogP contribution in [0.4, 0.5) is 5.69 Å². The van der Waals surface area contributed by atoms with Gasteiger partial charge < -0.3 is 14.8 Å². The van der Waals surface area contributed by atoms with E-state index in [0.717, 1.165) is 24.3 Å². The maximum atomic E-state index is 12.0. The SMILES string of the molecule is CCc1ccc(NC(=O)COc2ccc(OCCC(C)C)cc2)cc1. The van der Waals surface area contributed by atoms with Gasteiger partial charge in [-0.15, -0.1) is 0 Å². The molecule has 4 heteroatoms. The monoisotopic (exact) mass is 341 g/mol. The van der Waals surface area contributed by atoms with Crippen molar-refractivity contribution in [3.05, 3.63) is 54.1 Å². The van der Waals surface area contributed by atoms with Gasteiger partial charge in [0.1, 0.15) is 11.5 Å². The Bertz CT molecular complexity index is 648. The Kier molecular flexibility index (Phi) is 7.33. The maximum Gasteiger partial charge on any atom is 0.262 e. The van der Waals surface area contributed by atoms with E-state index in [1.54, 1.807) is 0 Å². The summed E-state index contributed by atoms with van der Waals surface area (Å²) in [6.07, 6.45) is 2.01. The van der Waals surface area contributed by atoms with Gasteiger partial charge in [0, 0.05) is 5.69 Å². The number of aryl methyl sites for hydroxylation is 1. The van der Waals surface area contributed by atoms with Crippen LogP contribution in [-0.2, 0) is 11.2 Å². The fraction of sp³-hybridized carbons (Fsp3) is 0.381. The Morgan fingerprint density at radius 1 is 0.960 bits per heavy atom. The van der Waals surface area contributed by atoms with Crippen LogP contribution in [0.25, 0.3) is 0 Å². The van der Waals surface area contributed by atoms with Crippen molar-refractivity contribution in [2.24, 2.45) is 5.92 Å². The molecule has 2 aromatic carbocycles. The standard InChI is InChI=1S/C21H27NO3/c1-4-17-5-7-18(8-6-17)22-21(23)15-25-20-11-9-19(10-12-20)24-14-13-16(2)3/h5-12,16H,4,13-15H2,1-3H3,(H,22,23). The van der Waals surface area contributed by atoms with E-state index in [2.05, 4.69) is 26.1 Å². The van der Waals surface area contributed by atoms with E-state index in [1.165, 1.54) is 5.56 Å². The third-order valence-corrected chi connectivity index (χ3v) is 3.80. The van der Waals surface area contributed by atoms with Gasteiger partial charge in [0.2, 0.25) is 0 Å². The molecule has 0 unspecified atom stereocenters. The topological polar surface area (TPSA) is 47.6 Å². The van der Waals surface area contributed by atoms with E-state index >= 15 is 0 Å². The molecule has 1 N–H and O–H groups in total. The average Bonchev–Trinajstić information content (AvgIpc) is 2.61. The minimum atomic E-state index is -0.179. The van der Waals surface area contributed by atoms with E-state index in [1.807, 2.05) is 48.5 Å². The van der Waals surface area contributed by atoms with Crippen molar-refractivity contribution < 1.29 is 14.3 Å². The van der Waals surface area contributed by atoms with E-state index in [-0.39, 0.29) is 12.5 Å². The van der Waals surface area contributed by atoms with E-state index in [9.17, 15) is 4.79 Å². The molecule has 0 bridgehead atoms. The van der Waals surface area contributed by atoms with Gasteiger partial charge in [-0.3, -0.25) is 4.79 Å². The highest BCUT2D eigenvalue weighted by molar-refractivity contribution is 5.91. The van der Waals surface area contributed by atoms with E-state index in [0.29, 0.717) is 18.3 Å². The first-order chi connectivity index (χ1) is 12.1. The lowest BCUT2D eigenvalue weighted by molar-refractivity contribution is -0.118. The summed E-state index contributed by atoms with van der Waals surface area (Å²) in [5.41, 5.74) is 2.02. The van der Waals surface area contributed by atoms with Crippen molar-refractivity contribution in [3.8, 4) is 11.5 Å². The molecule has 0 aromatic heterocycles. The summed E-state index contributed by atoms with van der Waals surface area (Å²) in [6, 6.07) is 15.2. The van der Waals surface area contributed by atoms with Gasteiger partial charge in [-0.25, -0.2) is 0 Å². The second kappa shape index (κ2) is 9.72. The molecule has 0 spiro atoms. The van der Waals surface area contributed by atoms with Gasteiger partial charge in [0.25, 0.3) is 5.91 Å². The van der Waals surface area contributed by atoms with Crippen molar-refractivity contribution in [1.82, 2.24) is 0 Å². The van der Waals surface area contributed by atoms with E-state index < -0.39 is 0 Å². The van der Waals surface area contributed by atoms with Crippen LogP contribution >= 0.6 is 0 Å². The van der Waals surface area contributed by atoms with Crippen molar-refractivity contribution >= 4 is 11.6 Å². The molecular formula is C21H27NO3. The number of nitrogens with one attached hydrogen (secondary N) is 1. The summed E-state index contributed by atoms with van der Waals surface area (Å²) >= 11 is 0. The molecule has 2 rings (SSSR count). The van der Waals surface area contributed by atoms with Gasteiger partial charge in [-0.2, -0.15) is 0 Å². The van der Waals surface area contributed by atoms with Crippen LogP contribution in [0.2, 0.25) is 0 Å². The van der Waals surface area contributed by atoms with Gasteiger partial charge in [0.15, 0.2) is 6.61 Å². The van der Waals surface area contributed by atoms with Gasteiger partial charge >= 0.3 is 0 Å². The summed E-state index contributed by atoms with van der Waals surface area (Å²) < 4.78 is 11.2. The molecule has 134 valence electrons. The Hall–Kier alpha value is -2.49. The first-order valence-corrected chi connectivity index (χ1v) is 8.81. The second-order valence-corrected chi connectivity index (χ2v) is 6.39. The largest absolute Gasteiger partial charge is 0.494 e. The van der Waals surface area contributed by atoms with Crippen LogP contribution in [0.5, 0.6) is 11.5 Å². The third-order valence-electron chi connectivity index (χ3n) is 3.80. The molecule has 0 aliphatic carbocycles. The van der Waals surface area contributed by atoms with Crippen molar-refractivity contribution in [1.29, 1.82) is 0 Å². The molecule has 25 heavy (non-hydrogen) atoms. The zero-order valence-electron chi connectivity index (χ0n) is 15.2. The quantitative estimate of drug-likeness (QED) is 0.720. The third kappa shape index (κ3) is 6.87. The van der Waals surface area contributed by atoms with Gasteiger partial charge in [0.05, 0.1) is 6.61 Å². The Labute approximate surface area is 150 Å². The molecule has 0 aliphatic rings. The molecule has 2 aromatic rings. The summed E-state index contributed by atoms with van der Waals surface area (Å²) in [5.74, 6) is 1.90. The predicted molar refractivity (Wildman–Crippen MR) is 101 cm³/mol.